The quantitative estimate of drug-likeness (QED) is 0.497. The van der Waals surface area contributed by atoms with E-state index >= 15 is 0 Å². The van der Waals surface area contributed by atoms with E-state index < -0.39 is 5.82 Å². The first kappa shape index (κ1) is 19.1. The predicted molar refractivity (Wildman–Crippen MR) is 111 cm³/mol. The van der Waals surface area contributed by atoms with Crippen molar-refractivity contribution < 1.29 is 9.13 Å². The van der Waals surface area contributed by atoms with Crippen LogP contribution < -0.4 is 15.6 Å². The molecule has 0 radical (unpaired) electrons. The lowest BCUT2D eigenvalue weighted by molar-refractivity contribution is 0.285. The highest BCUT2D eigenvalue weighted by Crippen LogP contribution is 2.25. The average Bonchev–Trinajstić information content (AvgIpc) is 3.16. The molecule has 0 amide bonds. The Kier molecular flexibility index (Phi) is 5.53. The van der Waals surface area contributed by atoms with Gasteiger partial charge in [-0.25, -0.2) is 9.37 Å². The summed E-state index contributed by atoms with van der Waals surface area (Å²) in [7, 11) is 0. The van der Waals surface area contributed by atoms with Gasteiger partial charge >= 0.3 is 0 Å². The number of ether oxygens (including phenoxy) is 1. The van der Waals surface area contributed by atoms with Crippen molar-refractivity contribution in [3.8, 4) is 5.75 Å². The zero-order chi connectivity index (χ0) is 20.2. The third-order valence-corrected chi connectivity index (χ3v) is 5.24. The van der Waals surface area contributed by atoms with Crippen LogP contribution in [0.3, 0.4) is 0 Å². The van der Waals surface area contributed by atoms with Gasteiger partial charge in [-0.2, -0.15) is 4.52 Å². The number of hydrogen-bond donors (Lipinski definition) is 1. The second-order valence-corrected chi connectivity index (χ2v) is 7.35. The fraction of sp³-hybridized carbons (Fsp3) is 0.190. The largest absolute Gasteiger partial charge is 0.488 e. The number of nitrogens with one attached hydrogen (secondary N) is 1. The van der Waals surface area contributed by atoms with Crippen molar-refractivity contribution in [2.75, 3.05) is 11.9 Å². The van der Waals surface area contributed by atoms with E-state index in [-0.39, 0.29) is 24.0 Å². The summed E-state index contributed by atoms with van der Waals surface area (Å²) in [6.07, 6.45) is 0.676. The van der Waals surface area contributed by atoms with Gasteiger partial charge in [0.2, 0.25) is 10.1 Å². The second-order valence-electron chi connectivity index (χ2n) is 6.39. The maximum absolute atomic E-state index is 13.9. The van der Waals surface area contributed by atoms with E-state index in [0.29, 0.717) is 16.5 Å². The molecule has 0 bridgehead atoms. The molecule has 0 saturated heterocycles. The SMILES string of the molecule is CCc1cc(=O)n2nc(NC(COc3ccccc3F)c3ccccc3)sc2n1. The first-order valence-corrected chi connectivity index (χ1v) is 10.0. The topological polar surface area (TPSA) is 68.5 Å². The molecule has 0 spiro atoms. The molecular weight excluding hydrogens is 391 g/mol. The lowest BCUT2D eigenvalue weighted by Gasteiger charge is -2.19. The monoisotopic (exact) mass is 410 g/mol. The summed E-state index contributed by atoms with van der Waals surface area (Å²) in [5.74, 6) is -0.229. The molecule has 0 fully saturated rings. The van der Waals surface area contributed by atoms with Crippen LogP contribution in [0.15, 0.2) is 65.5 Å². The minimum absolute atomic E-state index is 0.184. The molecule has 4 rings (SSSR count). The maximum Gasteiger partial charge on any atom is 0.275 e. The minimum atomic E-state index is -0.415. The summed E-state index contributed by atoms with van der Waals surface area (Å²) in [4.78, 5) is 17.2. The number of halogens is 1. The van der Waals surface area contributed by atoms with Gasteiger partial charge in [0.1, 0.15) is 6.61 Å². The Labute approximate surface area is 170 Å². The number of hydrogen-bond acceptors (Lipinski definition) is 6. The number of anilines is 1. The molecule has 6 nitrogen and oxygen atoms in total. The zero-order valence-electron chi connectivity index (χ0n) is 15.7. The number of fused-ring (bicyclic) bond motifs is 1. The van der Waals surface area contributed by atoms with E-state index in [4.69, 9.17) is 4.74 Å². The van der Waals surface area contributed by atoms with E-state index in [1.165, 1.54) is 28.0 Å². The molecule has 2 aromatic heterocycles. The van der Waals surface area contributed by atoms with Gasteiger partial charge in [-0.05, 0) is 24.1 Å². The molecule has 29 heavy (non-hydrogen) atoms. The van der Waals surface area contributed by atoms with E-state index in [9.17, 15) is 9.18 Å². The third kappa shape index (κ3) is 4.27. The number of para-hydroxylation sites is 1. The Balaban J connectivity index is 1.62. The molecular formula is C21H19FN4O2S. The van der Waals surface area contributed by atoms with Crippen LogP contribution in [0.25, 0.3) is 4.96 Å². The highest BCUT2D eigenvalue weighted by molar-refractivity contribution is 7.20. The van der Waals surface area contributed by atoms with E-state index in [1.807, 2.05) is 37.3 Å². The fourth-order valence-electron chi connectivity index (χ4n) is 2.89. The minimum Gasteiger partial charge on any atom is -0.488 e. The molecule has 0 saturated carbocycles. The Hall–Kier alpha value is -3.26. The van der Waals surface area contributed by atoms with Gasteiger partial charge in [0.25, 0.3) is 5.56 Å². The smallest absolute Gasteiger partial charge is 0.275 e. The third-order valence-electron chi connectivity index (χ3n) is 4.40. The molecule has 0 aliphatic rings. The van der Waals surface area contributed by atoms with Gasteiger partial charge in [0.15, 0.2) is 11.6 Å². The Morgan fingerprint density at radius 2 is 1.93 bits per heavy atom. The van der Waals surface area contributed by atoms with Crippen molar-refractivity contribution in [1.82, 2.24) is 14.6 Å². The van der Waals surface area contributed by atoms with Crippen molar-refractivity contribution in [3.05, 3.63) is 88.1 Å². The average molecular weight is 410 g/mol. The van der Waals surface area contributed by atoms with Gasteiger partial charge in [-0.1, -0.05) is 60.7 Å². The standard InChI is InChI=1S/C21H19FN4O2S/c1-2-15-12-19(27)26-21(23-15)29-20(25-26)24-17(14-8-4-3-5-9-14)13-28-18-11-7-6-10-16(18)22/h3-12,17H,2,13H2,1H3,(H,24,25). The number of nitrogens with zero attached hydrogens (tertiary/aromatic N) is 3. The van der Waals surface area contributed by atoms with E-state index in [1.54, 1.807) is 18.2 Å². The highest BCUT2D eigenvalue weighted by atomic mass is 32.1. The summed E-state index contributed by atoms with van der Waals surface area (Å²) in [5.41, 5.74) is 1.47. The first-order valence-electron chi connectivity index (χ1n) is 9.22. The molecule has 8 heteroatoms. The Bertz CT molecular complexity index is 1180. The first-order chi connectivity index (χ1) is 14.1. The van der Waals surface area contributed by atoms with Crippen LogP contribution in [0.2, 0.25) is 0 Å². The summed E-state index contributed by atoms with van der Waals surface area (Å²) >= 11 is 1.29. The van der Waals surface area contributed by atoms with Crippen LogP contribution in [0.5, 0.6) is 5.75 Å². The zero-order valence-corrected chi connectivity index (χ0v) is 16.5. The van der Waals surface area contributed by atoms with Crippen molar-refractivity contribution >= 4 is 21.4 Å². The van der Waals surface area contributed by atoms with Gasteiger partial charge in [0, 0.05) is 11.8 Å². The van der Waals surface area contributed by atoms with Crippen molar-refractivity contribution in [2.45, 2.75) is 19.4 Å². The lowest BCUT2D eigenvalue weighted by Crippen LogP contribution is -2.20. The molecule has 1 unspecified atom stereocenters. The van der Waals surface area contributed by atoms with Crippen LogP contribution in [-0.4, -0.2) is 21.2 Å². The van der Waals surface area contributed by atoms with Crippen LogP contribution >= 0.6 is 11.3 Å². The molecule has 4 aromatic rings. The van der Waals surface area contributed by atoms with Crippen molar-refractivity contribution in [2.24, 2.45) is 0 Å². The maximum atomic E-state index is 13.9. The fourth-order valence-corrected chi connectivity index (χ4v) is 3.76. The molecule has 0 aliphatic heterocycles. The number of aromatic nitrogens is 3. The highest BCUT2D eigenvalue weighted by Gasteiger charge is 2.17. The number of benzene rings is 2. The van der Waals surface area contributed by atoms with Crippen LogP contribution in [0, 0.1) is 5.82 Å². The molecule has 148 valence electrons. The van der Waals surface area contributed by atoms with Crippen LogP contribution in [-0.2, 0) is 6.42 Å². The van der Waals surface area contributed by atoms with Crippen LogP contribution in [0.1, 0.15) is 24.2 Å². The molecule has 2 heterocycles. The summed E-state index contributed by atoms with van der Waals surface area (Å²) < 4.78 is 20.9. The summed E-state index contributed by atoms with van der Waals surface area (Å²) in [5, 5.41) is 8.18. The number of aryl methyl sites for hydroxylation is 1. The predicted octanol–water partition coefficient (Wildman–Crippen LogP) is 4.08. The van der Waals surface area contributed by atoms with Crippen LogP contribution in [0.4, 0.5) is 9.52 Å². The normalized spacial score (nSPS) is 12.1. The molecule has 1 atom stereocenters. The van der Waals surface area contributed by atoms with E-state index in [0.717, 1.165) is 11.3 Å². The lowest BCUT2D eigenvalue weighted by atomic mass is 10.1. The summed E-state index contributed by atoms with van der Waals surface area (Å²) in [6.45, 7) is 2.13. The van der Waals surface area contributed by atoms with Gasteiger partial charge < -0.3 is 10.1 Å². The number of rotatable bonds is 7. The Morgan fingerprint density at radius 3 is 2.69 bits per heavy atom. The molecule has 2 aromatic carbocycles. The molecule has 0 aliphatic carbocycles. The van der Waals surface area contributed by atoms with Crippen molar-refractivity contribution in [1.29, 1.82) is 0 Å². The van der Waals surface area contributed by atoms with Gasteiger partial charge in [-0.3, -0.25) is 4.79 Å². The van der Waals surface area contributed by atoms with Gasteiger partial charge in [-0.15, -0.1) is 5.10 Å². The Morgan fingerprint density at radius 1 is 1.17 bits per heavy atom. The molecule has 1 N–H and O–H groups in total. The van der Waals surface area contributed by atoms with E-state index in [2.05, 4.69) is 15.4 Å². The summed E-state index contributed by atoms with van der Waals surface area (Å²) in [6, 6.07) is 17.2. The van der Waals surface area contributed by atoms with Gasteiger partial charge in [0.05, 0.1) is 6.04 Å². The second kappa shape index (κ2) is 8.40. The van der Waals surface area contributed by atoms with Crippen molar-refractivity contribution in [3.63, 3.8) is 0 Å².